The molecule has 2 atom stereocenters. The third-order valence-electron chi connectivity index (χ3n) is 4.20. The van der Waals surface area contributed by atoms with Crippen molar-refractivity contribution in [2.45, 2.75) is 43.8 Å². The molecule has 100 valence electrons. The van der Waals surface area contributed by atoms with E-state index in [1.54, 1.807) is 5.19 Å². The summed E-state index contributed by atoms with van der Waals surface area (Å²) in [4.78, 5) is 10.8. The molecule has 1 aliphatic heterocycles. The summed E-state index contributed by atoms with van der Waals surface area (Å²) in [6, 6.07) is 11.1. The molecule has 0 bridgehead atoms. The average Bonchev–Trinajstić information content (AvgIpc) is 2.50. The second-order valence-electron chi connectivity index (χ2n) is 5.77. The summed E-state index contributed by atoms with van der Waals surface area (Å²) in [5.74, 6) is 0. The first-order valence-corrected chi connectivity index (χ1v) is 9.21. The van der Waals surface area contributed by atoms with Crippen molar-refractivity contribution in [3.8, 4) is 0 Å². The minimum Gasteiger partial charge on any atom is -0.542 e. The maximum absolute atomic E-state index is 10.8. The van der Waals surface area contributed by atoms with Crippen LogP contribution in [0.5, 0.6) is 0 Å². The fraction of sp³-hybridized carbons (Fsp3) is 0.467. The maximum Gasteiger partial charge on any atom is 2.00 e. The molecule has 0 unspecified atom stereocenters. The molecule has 0 aliphatic carbocycles. The molecule has 1 aromatic rings. The molecule has 18 heavy (non-hydrogen) atoms. The third kappa shape index (κ3) is 2.54. The zero-order valence-corrected chi connectivity index (χ0v) is 13.6. The van der Waals surface area contributed by atoms with E-state index < -0.39 is 8.07 Å². The number of hydrogen-bond acceptors (Lipinski definition) is 1. The summed E-state index contributed by atoms with van der Waals surface area (Å²) in [7, 11) is -1.42. The molecule has 0 saturated heterocycles. The first-order valence-electron chi connectivity index (χ1n) is 6.30. The Morgan fingerprint density at radius 3 is 2.72 bits per heavy atom. The number of hydrogen-bond donors (Lipinski definition) is 0. The van der Waals surface area contributed by atoms with Crippen LogP contribution < -0.4 is 5.19 Å². The standard InChI is InChI=1S/C15H20OSi.Pd/c1-4-11-17(3)12-15(2,9-10-16)13-7-5-6-8-14(13)17;/h5-8H,1,4,9,11-12H2,2-3H3;/q-2;+2/t15-,17+;/m1./s1. The summed E-state index contributed by atoms with van der Waals surface area (Å²) < 4.78 is 0. The molecular formula is C15H20OPdSi. The van der Waals surface area contributed by atoms with Gasteiger partial charge in [-0.05, 0) is 17.0 Å². The number of benzene rings is 1. The Morgan fingerprint density at radius 2 is 2.11 bits per heavy atom. The number of carbonyl (C=O) groups excluding carboxylic acids is 1. The van der Waals surface area contributed by atoms with Crippen molar-refractivity contribution in [3.05, 3.63) is 36.8 Å². The van der Waals surface area contributed by atoms with Crippen LogP contribution >= 0.6 is 0 Å². The van der Waals surface area contributed by atoms with E-state index in [-0.39, 0.29) is 25.8 Å². The van der Waals surface area contributed by atoms with Gasteiger partial charge < -0.3 is 11.7 Å². The van der Waals surface area contributed by atoms with E-state index in [4.69, 9.17) is 0 Å². The largest absolute Gasteiger partial charge is 2.00 e. The molecule has 1 aliphatic rings. The van der Waals surface area contributed by atoms with Gasteiger partial charge in [0.15, 0.2) is 0 Å². The van der Waals surface area contributed by atoms with Crippen LogP contribution in [0.4, 0.5) is 0 Å². The zero-order chi connectivity index (χ0) is 12.5. The van der Waals surface area contributed by atoms with Gasteiger partial charge in [0.05, 0.1) is 8.07 Å². The number of rotatable bonds is 4. The fourth-order valence-electron chi connectivity index (χ4n) is 3.52. The van der Waals surface area contributed by atoms with Gasteiger partial charge in [0, 0.05) is 0 Å². The summed E-state index contributed by atoms with van der Waals surface area (Å²) >= 11 is 0. The van der Waals surface area contributed by atoms with Crippen molar-refractivity contribution in [2.24, 2.45) is 0 Å². The smallest absolute Gasteiger partial charge is 0.542 e. The van der Waals surface area contributed by atoms with Crippen molar-refractivity contribution in [3.63, 3.8) is 0 Å². The van der Waals surface area contributed by atoms with Crippen molar-refractivity contribution >= 4 is 19.5 Å². The molecule has 0 saturated carbocycles. The third-order valence-corrected chi connectivity index (χ3v) is 8.95. The van der Waals surface area contributed by atoms with Crippen molar-refractivity contribution < 1.29 is 25.2 Å². The summed E-state index contributed by atoms with van der Waals surface area (Å²) in [5, 5.41) is 1.54. The summed E-state index contributed by atoms with van der Waals surface area (Å²) in [6.45, 7) is 8.68. The summed E-state index contributed by atoms with van der Waals surface area (Å²) in [6.07, 6.45) is 3.66. The van der Waals surface area contributed by atoms with Gasteiger partial charge >= 0.3 is 20.4 Å². The van der Waals surface area contributed by atoms with Crippen LogP contribution in [0.2, 0.25) is 18.6 Å². The topological polar surface area (TPSA) is 17.1 Å². The van der Waals surface area contributed by atoms with E-state index in [1.165, 1.54) is 17.7 Å². The molecular weight excluding hydrogens is 331 g/mol. The van der Waals surface area contributed by atoms with Crippen LogP contribution in [0, 0.1) is 6.92 Å². The van der Waals surface area contributed by atoms with Crippen LogP contribution in [0.1, 0.15) is 25.3 Å². The molecule has 0 spiro atoms. The molecule has 0 fully saturated rings. The zero-order valence-electron chi connectivity index (χ0n) is 11.1. The molecule has 1 aromatic carbocycles. The summed E-state index contributed by atoms with van der Waals surface area (Å²) in [5.41, 5.74) is 1.42. The quantitative estimate of drug-likeness (QED) is 0.602. The molecule has 2 rings (SSSR count). The normalized spacial score (nSPS) is 29.5. The minimum absolute atomic E-state index is 0. The van der Waals surface area contributed by atoms with E-state index in [1.807, 2.05) is 0 Å². The minimum atomic E-state index is -1.42. The van der Waals surface area contributed by atoms with Crippen molar-refractivity contribution in [1.82, 2.24) is 0 Å². The monoisotopic (exact) mass is 350 g/mol. The molecule has 1 nitrogen and oxygen atoms in total. The fourth-order valence-corrected chi connectivity index (χ4v) is 8.51. The van der Waals surface area contributed by atoms with Gasteiger partial charge in [-0.25, -0.2) is 0 Å². The molecule has 0 amide bonds. The Bertz CT molecular complexity index is 434. The molecule has 0 N–H and O–H groups in total. The van der Waals surface area contributed by atoms with Gasteiger partial charge in [-0.3, -0.25) is 6.29 Å². The van der Waals surface area contributed by atoms with Crippen LogP contribution in [-0.4, -0.2) is 14.4 Å². The van der Waals surface area contributed by atoms with Crippen LogP contribution in [0.15, 0.2) is 24.3 Å². The predicted octanol–water partition coefficient (Wildman–Crippen LogP) is 2.96. The Labute approximate surface area is 125 Å². The Morgan fingerprint density at radius 1 is 1.44 bits per heavy atom. The second kappa shape index (κ2) is 5.82. The van der Waals surface area contributed by atoms with Gasteiger partial charge in [0.25, 0.3) is 0 Å². The SMILES string of the molecule is [CH2-]CC[Si@@]1(C)C[C@@](C)(C[C-]=O)c2ccccc21.[Pd+2]. The Kier molecular flexibility index (Phi) is 5.12. The average molecular weight is 351 g/mol. The van der Waals surface area contributed by atoms with Gasteiger partial charge in [-0.1, -0.05) is 49.0 Å². The van der Waals surface area contributed by atoms with Gasteiger partial charge in [-0.15, -0.1) is 6.42 Å². The van der Waals surface area contributed by atoms with Gasteiger partial charge in [-0.2, -0.15) is 6.42 Å². The van der Waals surface area contributed by atoms with Crippen molar-refractivity contribution in [1.29, 1.82) is 0 Å². The van der Waals surface area contributed by atoms with E-state index in [0.717, 1.165) is 6.42 Å². The van der Waals surface area contributed by atoms with E-state index in [9.17, 15) is 4.79 Å². The molecule has 3 heteroatoms. The van der Waals surface area contributed by atoms with Crippen molar-refractivity contribution in [2.75, 3.05) is 0 Å². The number of fused-ring (bicyclic) bond motifs is 1. The van der Waals surface area contributed by atoms with Crippen LogP contribution in [0.25, 0.3) is 0 Å². The van der Waals surface area contributed by atoms with Gasteiger partial charge in [0.2, 0.25) is 0 Å². The molecule has 0 radical (unpaired) electrons. The first kappa shape index (κ1) is 15.8. The maximum atomic E-state index is 10.8. The van der Waals surface area contributed by atoms with Crippen LogP contribution in [-0.2, 0) is 30.6 Å². The molecule has 1 heterocycles. The Hall–Kier alpha value is -0.231. The van der Waals surface area contributed by atoms with E-state index in [0.29, 0.717) is 6.42 Å². The van der Waals surface area contributed by atoms with E-state index in [2.05, 4.69) is 50.9 Å². The predicted molar refractivity (Wildman–Crippen MR) is 74.9 cm³/mol. The first-order chi connectivity index (χ1) is 8.06. The van der Waals surface area contributed by atoms with Crippen LogP contribution in [0.3, 0.4) is 0 Å². The second-order valence-corrected chi connectivity index (χ2v) is 10.3. The van der Waals surface area contributed by atoms with E-state index >= 15 is 0 Å². The van der Waals surface area contributed by atoms with Gasteiger partial charge in [0.1, 0.15) is 0 Å². The Balaban J connectivity index is 0.00000162. The molecule has 0 aromatic heterocycles.